The van der Waals surface area contributed by atoms with Crippen molar-refractivity contribution >= 4 is 41.1 Å². The lowest BCUT2D eigenvalue weighted by atomic mass is 10.0. The summed E-state index contributed by atoms with van der Waals surface area (Å²) in [5.41, 5.74) is 9.07. The summed E-state index contributed by atoms with van der Waals surface area (Å²) in [7, 11) is 1.58. The first kappa shape index (κ1) is 45.5. The van der Waals surface area contributed by atoms with Gasteiger partial charge in [-0.2, -0.15) is 0 Å². The molecule has 318 valence electrons. The van der Waals surface area contributed by atoms with Gasteiger partial charge in [-0.15, -0.1) is 0 Å². The van der Waals surface area contributed by atoms with Crippen molar-refractivity contribution in [2.45, 2.75) is 126 Å². The van der Waals surface area contributed by atoms with E-state index in [1.807, 2.05) is 119 Å². The maximum absolute atomic E-state index is 12.1. The minimum absolute atomic E-state index is 0.0146. The number of hydrogen-bond donors (Lipinski definition) is 1. The molecule has 0 aliphatic carbocycles. The van der Waals surface area contributed by atoms with Crippen LogP contribution < -0.4 is 5.32 Å². The number of hydrogen-bond acceptors (Lipinski definition) is 6. The van der Waals surface area contributed by atoms with E-state index in [9.17, 15) is 24.0 Å². The molecule has 3 aromatic carbocycles. The van der Waals surface area contributed by atoms with Crippen molar-refractivity contribution in [3.8, 4) is 0 Å². The highest BCUT2D eigenvalue weighted by atomic mass is 35.5. The Labute approximate surface area is 360 Å². The number of benzene rings is 3. The van der Waals surface area contributed by atoms with Crippen molar-refractivity contribution in [1.29, 1.82) is 0 Å². The third-order valence-corrected chi connectivity index (χ3v) is 11.4. The van der Waals surface area contributed by atoms with Crippen LogP contribution in [0.25, 0.3) is 0 Å². The number of fused-ring (bicyclic) bond motifs is 4. The normalized spacial score (nSPS) is 14.9. The van der Waals surface area contributed by atoms with Crippen molar-refractivity contribution < 1.29 is 24.0 Å². The second-order valence-corrected chi connectivity index (χ2v) is 17.3. The van der Waals surface area contributed by atoms with E-state index in [1.54, 1.807) is 36.3 Å². The molecule has 5 amide bonds. The molecule has 0 fully saturated rings. The van der Waals surface area contributed by atoms with E-state index in [0.29, 0.717) is 47.7 Å². The average Bonchev–Trinajstić information content (AvgIpc) is 3.95. The van der Waals surface area contributed by atoms with Gasteiger partial charge in [0.05, 0.1) is 0 Å². The lowest BCUT2D eigenvalue weighted by Gasteiger charge is -2.20. The maximum Gasteiger partial charge on any atom is 0.254 e. The zero-order chi connectivity index (χ0) is 44.2. The van der Waals surface area contributed by atoms with Crippen molar-refractivity contribution in [3.05, 3.63) is 134 Å². The van der Waals surface area contributed by atoms with Crippen LogP contribution in [0.5, 0.6) is 0 Å². The molecule has 4 aromatic rings. The van der Waals surface area contributed by atoms with Crippen molar-refractivity contribution in [3.63, 3.8) is 0 Å². The van der Waals surface area contributed by atoms with Gasteiger partial charge in [-0.1, -0.05) is 55.8 Å². The van der Waals surface area contributed by atoms with E-state index >= 15 is 0 Å². The van der Waals surface area contributed by atoms with E-state index < -0.39 is 0 Å². The molecule has 8 rings (SSSR count). The number of nitrogens with one attached hydrogen (secondary N) is 1. The quantitative estimate of drug-likeness (QED) is 0.207. The number of pyridine rings is 1. The summed E-state index contributed by atoms with van der Waals surface area (Å²) in [5, 5.41) is 3.18. The molecule has 0 bridgehead atoms. The average molecular weight is 835 g/mol. The molecule has 0 saturated carbocycles. The Bertz CT molecular complexity index is 2270. The molecule has 1 N–H and O–H groups in total. The standard InChI is InChI=1S/C13H16N2O2.C13H18N2O.C11H12ClNO.C11H13NO/c1-8(2)15-7-10-5-4-9(12(16)14-3)6-11(10)13(15)17;1-8(2)12-11-7-15(9(3)4)13(16)10(11)5-6-14-12;1-7(2)13-6-8-3-4-9(12)5-10(8)11(13)14;1-8(2)12-7-9-5-3-4-6-10(9)11(12)13/h4-6,8H,7H2,1-3H3,(H,14,16);5-6,8-9H,7H2,1-4H3;3-5,7H,6H2,1-2H3;3-6,8H,7H2,1-2H3. The highest BCUT2D eigenvalue weighted by Gasteiger charge is 2.33. The highest BCUT2D eigenvalue weighted by Crippen LogP contribution is 2.31. The van der Waals surface area contributed by atoms with Crippen LogP contribution in [0.15, 0.2) is 72.9 Å². The Hall–Kier alpha value is -5.55. The summed E-state index contributed by atoms with van der Waals surface area (Å²) in [6.07, 6.45) is 1.75. The lowest BCUT2D eigenvalue weighted by Crippen LogP contribution is -2.30. The fraction of sp³-hybridized carbons (Fsp3) is 0.417. The molecule has 5 heterocycles. The zero-order valence-electron chi connectivity index (χ0n) is 36.8. The molecule has 11 nitrogen and oxygen atoms in total. The molecule has 60 heavy (non-hydrogen) atoms. The Morgan fingerprint density at radius 1 is 0.567 bits per heavy atom. The monoisotopic (exact) mass is 834 g/mol. The van der Waals surface area contributed by atoms with Crippen LogP contribution in [0.1, 0.15) is 155 Å². The van der Waals surface area contributed by atoms with Crippen LogP contribution in [-0.2, 0) is 26.2 Å². The topological polar surface area (TPSA) is 123 Å². The van der Waals surface area contributed by atoms with Gasteiger partial charge in [0.15, 0.2) is 0 Å². The first-order chi connectivity index (χ1) is 28.4. The molecule has 1 aromatic heterocycles. The summed E-state index contributed by atoms with van der Waals surface area (Å²) < 4.78 is 0. The van der Waals surface area contributed by atoms with E-state index in [2.05, 4.69) is 24.1 Å². The summed E-state index contributed by atoms with van der Waals surface area (Å²) in [6.45, 7) is 23.3. The first-order valence-electron chi connectivity index (χ1n) is 20.8. The van der Waals surface area contributed by atoms with Crippen LogP contribution in [0.3, 0.4) is 0 Å². The van der Waals surface area contributed by atoms with Gasteiger partial charge >= 0.3 is 0 Å². The molecule has 0 atom stereocenters. The fourth-order valence-corrected chi connectivity index (χ4v) is 7.79. The van der Waals surface area contributed by atoms with Gasteiger partial charge in [0.25, 0.3) is 29.5 Å². The largest absolute Gasteiger partial charge is 0.355 e. The second kappa shape index (κ2) is 19.2. The number of halogens is 1. The van der Waals surface area contributed by atoms with Crippen LogP contribution in [0.4, 0.5) is 0 Å². The third kappa shape index (κ3) is 9.73. The molecule has 4 aliphatic heterocycles. The van der Waals surface area contributed by atoms with E-state index in [1.165, 1.54) is 0 Å². The fourth-order valence-electron chi connectivity index (χ4n) is 7.62. The summed E-state index contributed by atoms with van der Waals surface area (Å²) >= 11 is 5.85. The van der Waals surface area contributed by atoms with Gasteiger partial charge in [-0.3, -0.25) is 29.0 Å². The molecule has 0 radical (unpaired) electrons. The van der Waals surface area contributed by atoms with Gasteiger partial charge in [0.2, 0.25) is 0 Å². The molecule has 0 unspecified atom stereocenters. The molecule has 0 saturated heterocycles. The van der Waals surface area contributed by atoms with Crippen molar-refractivity contribution in [2.75, 3.05) is 7.05 Å². The van der Waals surface area contributed by atoms with E-state index in [4.69, 9.17) is 11.6 Å². The summed E-state index contributed by atoms with van der Waals surface area (Å²) in [4.78, 5) is 71.2. The second-order valence-electron chi connectivity index (χ2n) is 16.9. The zero-order valence-corrected chi connectivity index (χ0v) is 37.6. The molecular formula is C48H59ClN6O5. The van der Waals surface area contributed by atoms with Gasteiger partial charge in [0.1, 0.15) is 0 Å². The molecular weight excluding hydrogens is 776 g/mol. The number of carbonyl (C=O) groups is 5. The smallest absolute Gasteiger partial charge is 0.254 e. The Morgan fingerprint density at radius 2 is 1.02 bits per heavy atom. The van der Waals surface area contributed by atoms with Crippen molar-refractivity contribution in [1.82, 2.24) is 29.9 Å². The predicted octanol–water partition coefficient (Wildman–Crippen LogP) is 8.73. The van der Waals surface area contributed by atoms with E-state index in [0.717, 1.165) is 51.2 Å². The SMILES string of the molecule is CC(C)N1Cc2ccc(Cl)cc2C1=O.CC(C)N1Cc2ccccc2C1=O.CC(C)c1nccc2c1CN(C(C)C)C2=O.CNC(=O)c1ccc2c(c1)C(=O)N(C(C)C)C2. The number of amides is 5. The Kier molecular flexibility index (Phi) is 14.6. The molecule has 4 aliphatic rings. The highest BCUT2D eigenvalue weighted by molar-refractivity contribution is 6.31. The van der Waals surface area contributed by atoms with Crippen LogP contribution in [0.2, 0.25) is 5.02 Å². The minimum Gasteiger partial charge on any atom is -0.355 e. The van der Waals surface area contributed by atoms with Crippen molar-refractivity contribution in [2.24, 2.45) is 0 Å². The lowest BCUT2D eigenvalue weighted by molar-refractivity contribution is 0.0722. The number of nitrogens with zero attached hydrogens (tertiary/aromatic N) is 5. The number of carbonyl (C=O) groups excluding carboxylic acids is 5. The van der Waals surface area contributed by atoms with Crippen LogP contribution >= 0.6 is 11.6 Å². The Morgan fingerprint density at radius 3 is 1.52 bits per heavy atom. The van der Waals surface area contributed by atoms with Gasteiger partial charge in [-0.05, 0) is 114 Å². The maximum atomic E-state index is 12.1. The van der Waals surface area contributed by atoms with Crippen LogP contribution in [-0.4, -0.2) is 85.3 Å². The van der Waals surface area contributed by atoms with Gasteiger partial charge < -0.3 is 24.9 Å². The summed E-state index contributed by atoms with van der Waals surface area (Å²) in [6, 6.07) is 21.4. The van der Waals surface area contributed by atoms with Gasteiger partial charge in [-0.25, -0.2) is 0 Å². The molecule has 12 heteroatoms. The molecule has 0 spiro atoms. The van der Waals surface area contributed by atoms with Gasteiger partial charge in [0, 0.05) is 108 Å². The minimum atomic E-state index is -0.163. The number of aromatic nitrogens is 1. The predicted molar refractivity (Wildman–Crippen MR) is 236 cm³/mol. The number of rotatable bonds is 6. The van der Waals surface area contributed by atoms with E-state index in [-0.39, 0.29) is 47.7 Å². The third-order valence-electron chi connectivity index (χ3n) is 11.1. The van der Waals surface area contributed by atoms with Crippen LogP contribution in [0, 0.1) is 0 Å². The first-order valence-corrected chi connectivity index (χ1v) is 21.2. The summed E-state index contributed by atoms with van der Waals surface area (Å²) in [5.74, 6) is 0.636. The Balaban J connectivity index is 0.000000152.